The number of fused-ring (bicyclic) bond motifs is 3. The predicted octanol–water partition coefficient (Wildman–Crippen LogP) is 1.23. The van der Waals surface area contributed by atoms with Crippen LogP contribution in [0.2, 0.25) is 0 Å². The van der Waals surface area contributed by atoms with E-state index in [0.717, 1.165) is 6.42 Å². The lowest BCUT2D eigenvalue weighted by Crippen LogP contribution is -2.38. The van der Waals surface area contributed by atoms with Gasteiger partial charge < -0.3 is 0 Å². The third kappa shape index (κ3) is 2.62. The van der Waals surface area contributed by atoms with Crippen LogP contribution in [-0.2, 0) is 16.3 Å². The zero-order chi connectivity index (χ0) is 14.3. The second-order valence-electron chi connectivity index (χ2n) is 6.20. The van der Waals surface area contributed by atoms with Crippen molar-refractivity contribution in [2.24, 2.45) is 17.7 Å². The number of aryl methyl sites for hydroxylation is 1. The van der Waals surface area contributed by atoms with Gasteiger partial charge in [0.1, 0.15) is 9.84 Å². The molecule has 20 heavy (non-hydrogen) atoms. The van der Waals surface area contributed by atoms with Gasteiger partial charge >= 0.3 is 0 Å². The van der Waals surface area contributed by atoms with Crippen LogP contribution in [0.4, 0.5) is 0 Å². The molecule has 1 fully saturated rings. The van der Waals surface area contributed by atoms with Gasteiger partial charge in [-0.1, -0.05) is 24.3 Å². The van der Waals surface area contributed by atoms with Gasteiger partial charge in [-0.25, -0.2) is 8.42 Å². The van der Waals surface area contributed by atoms with Gasteiger partial charge in [0.2, 0.25) is 0 Å². The summed E-state index contributed by atoms with van der Waals surface area (Å²) in [5.41, 5.74) is 5.77. The van der Waals surface area contributed by atoms with E-state index in [1.54, 1.807) is 0 Å². The van der Waals surface area contributed by atoms with Crippen molar-refractivity contribution in [3.8, 4) is 0 Å². The first kappa shape index (κ1) is 14.0. The highest BCUT2D eigenvalue weighted by Gasteiger charge is 2.55. The average Bonchev–Trinajstić information content (AvgIpc) is 3.13. The molecule has 5 heteroatoms. The number of nitrogens with one attached hydrogen (secondary N) is 1. The van der Waals surface area contributed by atoms with Gasteiger partial charge in [0.15, 0.2) is 0 Å². The largest absolute Gasteiger partial charge is 0.271 e. The van der Waals surface area contributed by atoms with Crippen LogP contribution < -0.4 is 11.3 Å². The van der Waals surface area contributed by atoms with E-state index in [2.05, 4.69) is 29.7 Å². The van der Waals surface area contributed by atoms with E-state index in [0.29, 0.717) is 24.2 Å². The van der Waals surface area contributed by atoms with E-state index in [1.807, 2.05) is 0 Å². The van der Waals surface area contributed by atoms with Gasteiger partial charge in [-0.3, -0.25) is 11.3 Å². The van der Waals surface area contributed by atoms with Gasteiger partial charge in [0, 0.05) is 12.3 Å². The minimum atomic E-state index is -2.92. The number of benzene rings is 1. The zero-order valence-electron chi connectivity index (χ0n) is 11.7. The SMILES string of the molecule is CS(=O)(=O)CCC(NN)C1C2CCc3ccccc3C21. The maximum atomic E-state index is 11.3. The normalized spacial score (nSPS) is 29.4. The van der Waals surface area contributed by atoms with Gasteiger partial charge in [-0.2, -0.15) is 0 Å². The maximum absolute atomic E-state index is 11.3. The molecule has 0 bridgehead atoms. The molecule has 3 N–H and O–H groups in total. The van der Waals surface area contributed by atoms with Crippen molar-refractivity contribution in [1.82, 2.24) is 5.43 Å². The van der Waals surface area contributed by atoms with Crippen molar-refractivity contribution in [1.29, 1.82) is 0 Å². The second-order valence-corrected chi connectivity index (χ2v) is 8.46. The molecule has 4 unspecified atom stereocenters. The molecule has 0 aliphatic heterocycles. The highest BCUT2D eigenvalue weighted by Crippen LogP contribution is 2.61. The third-order valence-electron chi connectivity index (χ3n) is 4.87. The van der Waals surface area contributed by atoms with Crippen molar-refractivity contribution in [2.75, 3.05) is 12.0 Å². The molecule has 1 aromatic rings. The fourth-order valence-electron chi connectivity index (χ4n) is 3.90. The number of nitrogens with two attached hydrogens (primary N) is 1. The lowest BCUT2D eigenvalue weighted by atomic mass is 9.92. The molecule has 0 radical (unpaired) electrons. The van der Waals surface area contributed by atoms with E-state index in [9.17, 15) is 8.42 Å². The fourth-order valence-corrected chi connectivity index (χ4v) is 4.58. The topological polar surface area (TPSA) is 72.2 Å². The number of hydrogen-bond acceptors (Lipinski definition) is 4. The summed E-state index contributed by atoms with van der Waals surface area (Å²) in [7, 11) is -2.92. The molecule has 0 amide bonds. The predicted molar refractivity (Wildman–Crippen MR) is 79.9 cm³/mol. The summed E-state index contributed by atoms with van der Waals surface area (Å²) in [6.07, 6.45) is 4.23. The second kappa shape index (κ2) is 5.13. The monoisotopic (exact) mass is 294 g/mol. The van der Waals surface area contributed by atoms with Gasteiger partial charge in [0.25, 0.3) is 0 Å². The van der Waals surface area contributed by atoms with Crippen LogP contribution in [0, 0.1) is 11.8 Å². The van der Waals surface area contributed by atoms with Crippen molar-refractivity contribution in [3.05, 3.63) is 35.4 Å². The van der Waals surface area contributed by atoms with Crippen LogP contribution in [-0.4, -0.2) is 26.5 Å². The van der Waals surface area contributed by atoms with E-state index in [-0.39, 0.29) is 11.8 Å². The average molecular weight is 294 g/mol. The molecule has 0 aromatic heterocycles. The Morgan fingerprint density at radius 3 is 2.85 bits per heavy atom. The molecule has 1 aromatic carbocycles. The van der Waals surface area contributed by atoms with Gasteiger partial charge in [-0.15, -0.1) is 0 Å². The molecule has 4 atom stereocenters. The first-order chi connectivity index (χ1) is 9.51. The van der Waals surface area contributed by atoms with E-state index < -0.39 is 9.84 Å². The Kier molecular flexibility index (Phi) is 3.60. The molecule has 1 saturated carbocycles. The Morgan fingerprint density at radius 2 is 2.15 bits per heavy atom. The minimum absolute atomic E-state index is 0.103. The van der Waals surface area contributed by atoms with Gasteiger partial charge in [-0.05, 0) is 48.1 Å². The highest BCUT2D eigenvalue weighted by molar-refractivity contribution is 7.90. The molecule has 3 rings (SSSR count). The van der Waals surface area contributed by atoms with Crippen LogP contribution in [0.15, 0.2) is 24.3 Å². The lowest BCUT2D eigenvalue weighted by molar-refractivity contribution is 0.431. The summed E-state index contributed by atoms with van der Waals surface area (Å²) in [6, 6.07) is 8.72. The molecule has 0 spiro atoms. The Labute approximate surface area is 120 Å². The maximum Gasteiger partial charge on any atom is 0.147 e. The zero-order valence-corrected chi connectivity index (χ0v) is 12.6. The summed E-state index contributed by atoms with van der Waals surface area (Å²) in [6.45, 7) is 0. The molecular formula is C15H22N2O2S. The summed E-state index contributed by atoms with van der Waals surface area (Å²) < 4.78 is 22.7. The molecule has 2 aliphatic rings. The molecule has 2 aliphatic carbocycles. The van der Waals surface area contributed by atoms with E-state index in [4.69, 9.17) is 5.84 Å². The summed E-state index contributed by atoms with van der Waals surface area (Å²) >= 11 is 0. The van der Waals surface area contributed by atoms with Gasteiger partial charge in [0.05, 0.1) is 5.75 Å². The Morgan fingerprint density at radius 1 is 1.40 bits per heavy atom. The summed E-state index contributed by atoms with van der Waals surface area (Å²) in [5, 5.41) is 0. The van der Waals surface area contributed by atoms with Crippen LogP contribution in [0.1, 0.15) is 29.9 Å². The van der Waals surface area contributed by atoms with Crippen molar-refractivity contribution in [2.45, 2.75) is 31.2 Å². The van der Waals surface area contributed by atoms with Crippen molar-refractivity contribution >= 4 is 9.84 Å². The summed E-state index contributed by atoms with van der Waals surface area (Å²) in [4.78, 5) is 0. The Balaban J connectivity index is 1.74. The highest BCUT2D eigenvalue weighted by atomic mass is 32.2. The van der Waals surface area contributed by atoms with Crippen molar-refractivity contribution < 1.29 is 8.42 Å². The first-order valence-electron chi connectivity index (χ1n) is 7.23. The van der Waals surface area contributed by atoms with Crippen LogP contribution >= 0.6 is 0 Å². The van der Waals surface area contributed by atoms with Crippen molar-refractivity contribution in [3.63, 3.8) is 0 Å². The molecule has 0 saturated heterocycles. The number of hydrazine groups is 1. The molecule has 4 nitrogen and oxygen atoms in total. The molecular weight excluding hydrogens is 272 g/mol. The van der Waals surface area contributed by atoms with E-state index in [1.165, 1.54) is 23.8 Å². The first-order valence-corrected chi connectivity index (χ1v) is 9.29. The molecule has 110 valence electrons. The van der Waals surface area contributed by atoms with Crippen LogP contribution in [0.5, 0.6) is 0 Å². The third-order valence-corrected chi connectivity index (χ3v) is 5.85. The number of rotatable bonds is 5. The smallest absolute Gasteiger partial charge is 0.147 e. The standard InChI is InChI=1S/C15H22N2O2S/c1-20(18,19)9-8-13(17-16)15-12-7-6-10-4-2-3-5-11(10)14(12)15/h2-5,12-15,17H,6-9,16H2,1H3. The van der Waals surface area contributed by atoms with Crippen LogP contribution in [0.25, 0.3) is 0 Å². The number of sulfone groups is 1. The number of hydrogen-bond donors (Lipinski definition) is 2. The Bertz CT molecular complexity index is 600. The van der Waals surface area contributed by atoms with Crippen LogP contribution in [0.3, 0.4) is 0 Å². The summed E-state index contributed by atoms with van der Waals surface area (Å²) in [5.74, 6) is 7.61. The minimum Gasteiger partial charge on any atom is -0.271 e. The van der Waals surface area contributed by atoms with E-state index >= 15 is 0 Å². The lowest BCUT2D eigenvalue weighted by Gasteiger charge is -2.15. The fraction of sp³-hybridized carbons (Fsp3) is 0.600. The Hall–Kier alpha value is -0.910. The molecule has 0 heterocycles. The quantitative estimate of drug-likeness (QED) is 0.633.